The summed E-state index contributed by atoms with van der Waals surface area (Å²) in [6.07, 6.45) is 0. The maximum Gasteiger partial charge on any atom is 0.263 e. The summed E-state index contributed by atoms with van der Waals surface area (Å²) in [6.45, 7) is 0. The van der Waals surface area contributed by atoms with Crippen LogP contribution in [0.2, 0.25) is 0 Å². The Hall–Kier alpha value is -4.30. The van der Waals surface area contributed by atoms with Crippen LogP contribution in [0.3, 0.4) is 0 Å². The minimum absolute atomic E-state index is 0.124. The van der Waals surface area contributed by atoms with E-state index in [4.69, 9.17) is 9.47 Å². The van der Waals surface area contributed by atoms with Gasteiger partial charge in [-0.05, 0) is 54.1 Å². The molecule has 4 aromatic rings. The van der Waals surface area contributed by atoms with Crippen LogP contribution in [0.15, 0.2) is 102 Å². The molecule has 0 fully saturated rings. The highest BCUT2D eigenvalue weighted by Gasteiger charge is 2.23. The zero-order valence-electron chi connectivity index (χ0n) is 20.2. The fourth-order valence-corrected chi connectivity index (χ4v) is 4.71. The van der Waals surface area contributed by atoms with Gasteiger partial charge in [-0.2, -0.15) is 0 Å². The van der Waals surface area contributed by atoms with E-state index in [1.165, 1.54) is 38.1 Å². The molecule has 6 nitrogen and oxygen atoms in total. The van der Waals surface area contributed by atoms with Crippen molar-refractivity contribution in [1.82, 2.24) is 0 Å². The van der Waals surface area contributed by atoms with Crippen molar-refractivity contribution >= 4 is 35.0 Å². The number of halogens is 1. The van der Waals surface area contributed by atoms with Gasteiger partial charge in [0.1, 0.15) is 28.1 Å². The first kappa shape index (κ1) is 25.8. The number of benzene rings is 4. The summed E-state index contributed by atoms with van der Waals surface area (Å²) in [7, 11) is 2.98. The number of para-hydroxylation sites is 1. The van der Waals surface area contributed by atoms with E-state index in [1.807, 2.05) is 42.5 Å². The SMILES string of the molecule is COc1cccc(OC)c1C(=O)Nc1ccc(SC(C(=O)Nc2ccccc2F)c2ccccc2)cc1. The van der Waals surface area contributed by atoms with E-state index in [0.717, 1.165) is 10.5 Å². The Morgan fingerprint density at radius 3 is 2.00 bits per heavy atom. The number of methoxy groups -OCH3 is 2. The molecule has 8 heteroatoms. The van der Waals surface area contributed by atoms with Crippen LogP contribution >= 0.6 is 11.8 Å². The quantitative estimate of drug-likeness (QED) is 0.246. The zero-order chi connectivity index (χ0) is 26.2. The van der Waals surface area contributed by atoms with Crippen molar-refractivity contribution in [2.75, 3.05) is 24.9 Å². The molecule has 0 spiro atoms. The molecule has 4 aromatic carbocycles. The molecule has 0 aliphatic rings. The van der Waals surface area contributed by atoms with Gasteiger partial charge < -0.3 is 20.1 Å². The lowest BCUT2D eigenvalue weighted by atomic mass is 10.1. The number of amides is 2. The first-order valence-corrected chi connectivity index (χ1v) is 12.3. The van der Waals surface area contributed by atoms with Gasteiger partial charge in [-0.25, -0.2) is 4.39 Å². The van der Waals surface area contributed by atoms with Crippen molar-refractivity contribution in [1.29, 1.82) is 0 Å². The second kappa shape index (κ2) is 12.1. The Kier molecular flexibility index (Phi) is 8.43. The first-order chi connectivity index (χ1) is 18.0. The largest absolute Gasteiger partial charge is 0.496 e. The van der Waals surface area contributed by atoms with Crippen LogP contribution in [-0.2, 0) is 4.79 Å². The number of rotatable bonds is 9. The fourth-order valence-electron chi connectivity index (χ4n) is 3.68. The average Bonchev–Trinajstić information content (AvgIpc) is 2.93. The average molecular weight is 517 g/mol. The molecule has 4 rings (SSSR count). The van der Waals surface area contributed by atoms with E-state index < -0.39 is 11.1 Å². The van der Waals surface area contributed by atoms with Gasteiger partial charge in [-0.1, -0.05) is 48.5 Å². The lowest BCUT2D eigenvalue weighted by Gasteiger charge is -2.18. The topological polar surface area (TPSA) is 76.7 Å². The number of thioether (sulfide) groups is 1. The highest BCUT2D eigenvalue weighted by Crippen LogP contribution is 2.37. The molecule has 0 saturated heterocycles. The Labute approximate surface area is 218 Å². The second-order valence-corrected chi connectivity index (χ2v) is 9.07. The van der Waals surface area contributed by atoms with Crippen molar-refractivity contribution in [2.24, 2.45) is 0 Å². The molecular weight excluding hydrogens is 491 g/mol. The van der Waals surface area contributed by atoms with E-state index in [1.54, 1.807) is 42.5 Å². The summed E-state index contributed by atoms with van der Waals surface area (Å²) in [6, 6.07) is 27.6. The van der Waals surface area contributed by atoms with Gasteiger partial charge in [-0.15, -0.1) is 11.8 Å². The van der Waals surface area contributed by atoms with Crippen LogP contribution in [0.1, 0.15) is 21.2 Å². The minimum Gasteiger partial charge on any atom is -0.496 e. The van der Waals surface area contributed by atoms with Gasteiger partial charge in [0.2, 0.25) is 5.91 Å². The van der Waals surface area contributed by atoms with Crippen molar-refractivity contribution in [3.63, 3.8) is 0 Å². The molecule has 2 N–H and O–H groups in total. The number of hydrogen-bond donors (Lipinski definition) is 2. The van der Waals surface area contributed by atoms with Gasteiger partial charge in [0.05, 0.1) is 19.9 Å². The zero-order valence-corrected chi connectivity index (χ0v) is 21.1. The molecule has 188 valence electrons. The summed E-state index contributed by atoms with van der Waals surface area (Å²) in [5.74, 6) is -0.423. The van der Waals surface area contributed by atoms with Gasteiger partial charge >= 0.3 is 0 Å². The highest BCUT2D eigenvalue weighted by atomic mass is 32.2. The van der Waals surface area contributed by atoms with Crippen LogP contribution in [0.25, 0.3) is 0 Å². The molecule has 0 bridgehead atoms. The third-order valence-corrected chi connectivity index (χ3v) is 6.76. The molecule has 0 aromatic heterocycles. The van der Waals surface area contributed by atoms with Crippen LogP contribution < -0.4 is 20.1 Å². The smallest absolute Gasteiger partial charge is 0.263 e. The van der Waals surface area contributed by atoms with E-state index in [-0.39, 0.29) is 17.5 Å². The Balaban J connectivity index is 1.52. The number of hydrogen-bond acceptors (Lipinski definition) is 5. The van der Waals surface area contributed by atoms with Crippen LogP contribution in [-0.4, -0.2) is 26.0 Å². The lowest BCUT2D eigenvalue weighted by Crippen LogP contribution is -2.19. The van der Waals surface area contributed by atoms with Crippen LogP contribution in [0.5, 0.6) is 11.5 Å². The normalized spacial score (nSPS) is 11.3. The standard InChI is InChI=1S/C29H25FN2O4S/c1-35-24-13-8-14-25(36-2)26(24)28(33)31-20-15-17-21(18-16-20)37-27(19-9-4-3-5-10-19)29(34)32-23-12-7-6-11-22(23)30/h3-18,27H,1-2H3,(H,31,33)(H,32,34). The lowest BCUT2D eigenvalue weighted by molar-refractivity contribution is -0.115. The molecule has 1 unspecified atom stereocenters. The summed E-state index contributed by atoms with van der Waals surface area (Å²) in [5, 5.41) is 4.92. The summed E-state index contributed by atoms with van der Waals surface area (Å²) >= 11 is 1.32. The summed E-state index contributed by atoms with van der Waals surface area (Å²) < 4.78 is 24.8. The number of carbonyl (C=O) groups is 2. The predicted molar refractivity (Wildman–Crippen MR) is 144 cm³/mol. The third kappa shape index (κ3) is 6.29. The number of ether oxygens (including phenoxy) is 2. The Morgan fingerprint density at radius 1 is 0.757 bits per heavy atom. The maximum absolute atomic E-state index is 14.1. The van der Waals surface area contributed by atoms with Gasteiger partial charge in [0.25, 0.3) is 5.91 Å². The second-order valence-electron chi connectivity index (χ2n) is 7.89. The first-order valence-electron chi connectivity index (χ1n) is 11.4. The predicted octanol–water partition coefficient (Wildman–Crippen LogP) is 6.57. The molecule has 1 atom stereocenters. The van der Waals surface area contributed by atoms with Crippen LogP contribution in [0, 0.1) is 5.82 Å². The summed E-state index contributed by atoms with van der Waals surface area (Å²) in [4.78, 5) is 26.9. The molecule has 0 radical (unpaired) electrons. The molecule has 37 heavy (non-hydrogen) atoms. The number of nitrogens with one attached hydrogen (secondary N) is 2. The van der Waals surface area contributed by atoms with Crippen molar-refractivity contribution in [2.45, 2.75) is 10.1 Å². The van der Waals surface area contributed by atoms with E-state index in [2.05, 4.69) is 10.6 Å². The molecule has 0 aliphatic heterocycles. The third-order valence-electron chi connectivity index (χ3n) is 5.49. The fraction of sp³-hybridized carbons (Fsp3) is 0.103. The van der Waals surface area contributed by atoms with Gasteiger partial charge in [-0.3, -0.25) is 9.59 Å². The molecule has 0 aliphatic carbocycles. The van der Waals surface area contributed by atoms with E-state index in [0.29, 0.717) is 22.7 Å². The highest BCUT2D eigenvalue weighted by molar-refractivity contribution is 8.00. The minimum atomic E-state index is -0.626. The van der Waals surface area contributed by atoms with Crippen LogP contribution in [0.4, 0.5) is 15.8 Å². The Bertz CT molecular complexity index is 1360. The van der Waals surface area contributed by atoms with Crippen molar-refractivity contribution in [3.8, 4) is 11.5 Å². The number of carbonyl (C=O) groups excluding carboxylic acids is 2. The van der Waals surface area contributed by atoms with Gasteiger partial charge in [0.15, 0.2) is 0 Å². The molecular formula is C29H25FN2O4S. The molecule has 0 heterocycles. The van der Waals surface area contributed by atoms with Gasteiger partial charge in [0, 0.05) is 10.6 Å². The summed E-state index contributed by atoms with van der Waals surface area (Å²) in [5.41, 5.74) is 1.76. The van der Waals surface area contributed by atoms with Crippen molar-refractivity contribution < 1.29 is 23.5 Å². The molecule has 0 saturated carbocycles. The maximum atomic E-state index is 14.1. The van der Waals surface area contributed by atoms with E-state index in [9.17, 15) is 14.0 Å². The Morgan fingerprint density at radius 2 is 1.38 bits per heavy atom. The number of anilines is 2. The monoisotopic (exact) mass is 516 g/mol. The molecule has 2 amide bonds. The van der Waals surface area contributed by atoms with E-state index >= 15 is 0 Å². The van der Waals surface area contributed by atoms with Crippen molar-refractivity contribution in [3.05, 3.63) is 114 Å².